The highest BCUT2D eigenvalue weighted by atomic mass is 14.3. The molecule has 0 aromatic heterocycles. The van der Waals surface area contributed by atoms with Gasteiger partial charge in [0.15, 0.2) is 0 Å². The molecule has 70 valence electrons. The predicted octanol–water partition coefficient (Wildman–Crippen LogP) is 4.31. The molecular formula is C12H22. The molecule has 0 heteroatoms. The molecule has 1 fully saturated rings. The molecule has 0 amide bonds. The number of hydrogen-bond donors (Lipinski definition) is 0. The molecule has 0 bridgehead atoms. The van der Waals surface area contributed by atoms with Crippen LogP contribution in [0.5, 0.6) is 0 Å². The van der Waals surface area contributed by atoms with Gasteiger partial charge in [-0.1, -0.05) is 43.8 Å². The summed E-state index contributed by atoms with van der Waals surface area (Å²) in [6.07, 6.45) is 8.56. The fourth-order valence-electron chi connectivity index (χ4n) is 1.91. The molecule has 0 unspecified atom stereocenters. The van der Waals surface area contributed by atoms with Crippen molar-refractivity contribution in [1.29, 1.82) is 0 Å². The van der Waals surface area contributed by atoms with Crippen LogP contribution in [0.2, 0.25) is 0 Å². The Kier molecular flexibility index (Phi) is 3.84. The second-order valence-corrected chi connectivity index (χ2v) is 4.28. The number of unbranched alkanes of at least 4 members (excludes halogenated alkanes) is 3. The number of hydrogen-bond acceptors (Lipinski definition) is 0. The van der Waals surface area contributed by atoms with Crippen LogP contribution in [-0.4, -0.2) is 0 Å². The van der Waals surface area contributed by atoms with Gasteiger partial charge in [-0.25, -0.2) is 0 Å². The largest absolute Gasteiger partial charge is 0.0769 e. The summed E-state index contributed by atoms with van der Waals surface area (Å²) in [5.41, 5.74) is 3.34. The minimum absolute atomic E-state index is 0.992. The zero-order valence-electron chi connectivity index (χ0n) is 8.82. The standard InChI is InChI=1S/C12H22/c1-4-5-6-7-8-11-9-12(11)10(2)3/h11H,4-9H2,1-3H3/t11-/m0/s1. The zero-order valence-corrected chi connectivity index (χ0v) is 8.82. The normalized spacial score (nSPS) is 21.2. The summed E-state index contributed by atoms with van der Waals surface area (Å²) in [6.45, 7) is 6.78. The molecule has 0 aromatic rings. The second kappa shape index (κ2) is 4.69. The van der Waals surface area contributed by atoms with Crippen LogP contribution >= 0.6 is 0 Å². The smallest absolute Gasteiger partial charge is 0.0163 e. The van der Waals surface area contributed by atoms with Crippen LogP contribution in [0.4, 0.5) is 0 Å². The van der Waals surface area contributed by atoms with Gasteiger partial charge >= 0.3 is 0 Å². The lowest BCUT2D eigenvalue weighted by Crippen LogP contribution is -1.79. The fourth-order valence-corrected chi connectivity index (χ4v) is 1.91. The Morgan fingerprint density at radius 2 is 2.00 bits per heavy atom. The molecule has 1 aliphatic rings. The van der Waals surface area contributed by atoms with E-state index in [2.05, 4.69) is 20.8 Å². The van der Waals surface area contributed by atoms with Crippen molar-refractivity contribution in [2.75, 3.05) is 0 Å². The third-order valence-electron chi connectivity index (χ3n) is 2.85. The molecule has 1 saturated carbocycles. The average Bonchev–Trinajstić information content (AvgIpc) is 2.77. The molecule has 0 nitrogen and oxygen atoms in total. The van der Waals surface area contributed by atoms with Crippen molar-refractivity contribution in [2.24, 2.45) is 5.92 Å². The quantitative estimate of drug-likeness (QED) is 0.421. The lowest BCUT2D eigenvalue weighted by atomic mass is 10.1. The summed E-state index contributed by atoms with van der Waals surface area (Å²) < 4.78 is 0. The van der Waals surface area contributed by atoms with Crippen LogP contribution in [-0.2, 0) is 0 Å². The Hall–Kier alpha value is -0.260. The summed E-state index contributed by atoms with van der Waals surface area (Å²) in [5, 5.41) is 0. The molecule has 0 N–H and O–H groups in total. The van der Waals surface area contributed by atoms with Gasteiger partial charge in [0, 0.05) is 0 Å². The molecule has 0 spiro atoms. The first-order chi connectivity index (χ1) is 5.75. The van der Waals surface area contributed by atoms with Gasteiger partial charge in [0.1, 0.15) is 0 Å². The van der Waals surface area contributed by atoms with Crippen LogP contribution in [0.1, 0.15) is 59.3 Å². The Morgan fingerprint density at radius 3 is 2.50 bits per heavy atom. The van der Waals surface area contributed by atoms with Crippen molar-refractivity contribution in [3.05, 3.63) is 11.1 Å². The maximum Gasteiger partial charge on any atom is -0.0163 e. The molecular weight excluding hydrogens is 144 g/mol. The molecule has 1 atom stereocenters. The van der Waals surface area contributed by atoms with E-state index in [1.165, 1.54) is 38.5 Å². The highest BCUT2D eigenvalue weighted by Crippen LogP contribution is 2.43. The van der Waals surface area contributed by atoms with Gasteiger partial charge in [-0.05, 0) is 32.6 Å². The van der Waals surface area contributed by atoms with E-state index in [0.29, 0.717) is 0 Å². The Morgan fingerprint density at radius 1 is 1.25 bits per heavy atom. The first-order valence-electron chi connectivity index (χ1n) is 5.42. The monoisotopic (exact) mass is 166 g/mol. The average molecular weight is 166 g/mol. The zero-order chi connectivity index (χ0) is 8.97. The van der Waals surface area contributed by atoms with Gasteiger partial charge in [-0.3, -0.25) is 0 Å². The summed E-state index contributed by atoms with van der Waals surface area (Å²) in [4.78, 5) is 0. The fraction of sp³-hybridized carbons (Fsp3) is 0.833. The highest BCUT2D eigenvalue weighted by molar-refractivity contribution is 5.27. The van der Waals surface area contributed by atoms with Gasteiger partial charge < -0.3 is 0 Å². The van der Waals surface area contributed by atoms with Gasteiger partial charge in [-0.15, -0.1) is 0 Å². The van der Waals surface area contributed by atoms with Gasteiger partial charge in [0.2, 0.25) is 0 Å². The van der Waals surface area contributed by atoms with Gasteiger partial charge in [0.05, 0.1) is 0 Å². The molecule has 1 rings (SSSR count). The molecule has 0 radical (unpaired) electrons. The summed E-state index contributed by atoms with van der Waals surface area (Å²) in [5.74, 6) is 0.992. The molecule has 0 saturated heterocycles. The Bertz CT molecular complexity index is 161. The van der Waals surface area contributed by atoms with E-state index in [1.54, 1.807) is 11.1 Å². The summed E-state index contributed by atoms with van der Waals surface area (Å²) in [6, 6.07) is 0. The number of rotatable bonds is 5. The van der Waals surface area contributed by atoms with Crippen LogP contribution < -0.4 is 0 Å². The third-order valence-corrected chi connectivity index (χ3v) is 2.85. The van der Waals surface area contributed by atoms with E-state index >= 15 is 0 Å². The maximum absolute atomic E-state index is 2.28. The first kappa shape index (κ1) is 9.83. The SMILES string of the molecule is CCCCCC[C@H]1CC1=C(C)C. The maximum atomic E-state index is 2.28. The topological polar surface area (TPSA) is 0 Å². The van der Waals surface area contributed by atoms with E-state index in [-0.39, 0.29) is 0 Å². The van der Waals surface area contributed by atoms with E-state index in [9.17, 15) is 0 Å². The lowest BCUT2D eigenvalue weighted by molar-refractivity contribution is 0.605. The number of allylic oxidation sites excluding steroid dienone is 2. The van der Waals surface area contributed by atoms with Crippen LogP contribution in [0, 0.1) is 5.92 Å². The molecule has 0 aliphatic heterocycles. The van der Waals surface area contributed by atoms with Crippen molar-refractivity contribution in [1.82, 2.24) is 0 Å². The van der Waals surface area contributed by atoms with Crippen molar-refractivity contribution in [3.63, 3.8) is 0 Å². The Labute approximate surface area is 77.1 Å². The summed E-state index contributed by atoms with van der Waals surface area (Å²) in [7, 11) is 0. The van der Waals surface area contributed by atoms with E-state index in [0.717, 1.165) is 5.92 Å². The second-order valence-electron chi connectivity index (χ2n) is 4.28. The van der Waals surface area contributed by atoms with E-state index < -0.39 is 0 Å². The highest BCUT2D eigenvalue weighted by Gasteiger charge is 2.29. The van der Waals surface area contributed by atoms with Crippen LogP contribution in [0.25, 0.3) is 0 Å². The molecule has 12 heavy (non-hydrogen) atoms. The molecule has 0 heterocycles. The van der Waals surface area contributed by atoms with Crippen LogP contribution in [0.15, 0.2) is 11.1 Å². The first-order valence-corrected chi connectivity index (χ1v) is 5.42. The molecule has 0 aromatic carbocycles. The van der Waals surface area contributed by atoms with Gasteiger partial charge in [-0.2, -0.15) is 0 Å². The van der Waals surface area contributed by atoms with E-state index in [1.807, 2.05) is 0 Å². The Balaban J connectivity index is 2.01. The predicted molar refractivity (Wildman–Crippen MR) is 55.2 cm³/mol. The minimum Gasteiger partial charge on any atom is -0.0769 e. The minimum atomic E-state index is 0.992. The van der Waals surface area contributed by atoms with Gasteiger partial charge in [0.25, 0.3) is 0 Å². The van der Waals surface area contributed by atoms with E-state index in [4.69, 9.17) is 0 Å². The molecule has 1 aliphatic carbocycles. The summed E-state index contributed by atoms with van der Waals surface area (Å²) >= 11 is 0. The third kappa shape index (κ3) is 3.00. The van der Waals surface area contributed by atoms with Crippen molar-refractivity contribution in [3.8, 4) is 0 Å². The van der Waals surface area contributed by atoms with Crippen molar-refractivity contribution in [2.45, 2.75) is 59.3 Å². The van der Waals surface area contributed by atoms with Crippen molar-refractivity contribution < 1.29 is 0 Å². The van der Waals surface area contributed by atoms with Crippen molar-refractivity contribution >= 4 is 0 Å². The lowest BCUT2D eigenvalue weighted by Gasteiger charge is -1.96. The van der Waals surface area contributed by atoms with Crippen LogP contribution in [0.3, 0.4) is 0 Å².